The highest BCUT2D eigenvalue weighted by Gasteiger charge is 2.10. The van der Waals surface area contributed by atoms with Crippen LogP contribution in [0.5, 0.6) is 5.88 Å². The Morgan fingerprint density at radius 1 is 1.24 bits per heavy atom. The molecule has 0 atom stereocenters. The fourth-order valence-corrected chi connectivity index (χ4v) is 3.08. The Hall–Kier alpha value is -2.80. The molecule has 2 heterocycles. The van der Waals surface area contributed by atoms with Gasteiger partial charge in [-0.2, -0.15) is 0 Å². The minimum absolute atomic E-state index is 0.248. The number of ether oxygens (including phenoxy) is 1. The second-order valence-electron chi connectivity index (χ2n) is 5.19. The van der Waals surface area contributed by atoms with E-state index in [2.05, 4.69) is 20.3 Å². The first-order valence-electron chi connectivity index (χ1n) is 7.99. The highest BCUT2D eigenvalue weighted by molar-refractivity contribution is 7.13. The molecular weight excluding hydrogens is 336 g/mol. The quantitative estimate of drug-likeness (QED) is 0.706. The van der Waals surface area contributed by atoms with E-state index in [4.69, 9.17) is 4.74 Å². The molecule has 0 radical (unpaired) electrons. The summed E-state index contributed by atoms with van der Waals surface area (Å²) in [6.07, 6.45) is 1.99. The lowest BCUT2D eigenvalue weighted by Crippen LogP contribution is -2.26. The van der Waals surface area contributed by atoms with Crippen LogP contribution in [0.1, 0.15) is 23.1 Å². The van der Waals surface area contributed by atoms with E-state index in [1.807, 2.05) is 42.6 Å². The third kappa shape index (κ3) is 4.60. The normalized spacial score (nSPS) is 10.4. The molecule has 0 bridgehead atoms. The van der Waals surface area contributed by atoms with Crippen molar-refractivity contribution in [1.29, 1.82) is 0 Å². The molecule has 3 rings (SSSR count). The van der Waals surface area contributed by atoms with Crippen LogP contribution in [0.2, 0.25) is 0 Å². The van der Waals surface area contributed by atoms with Gasteiger partial charge in [-0.15, -0.1) is 11.3 Å². The molecule has 128 valence electrons. The van der Waals surface area contributed by atoms with Crippen LogP contribution in [-0.4, -0.2) is 34.0 Å². The molecule has 0 spiro atoms. The van der Waals surface area contributed by atoms with Gasteiger partial charge >= 0.3 is 0 Å². The van der Waals surface area contributed by atoms with E-state index >= 15 is 0 Å². The molecule has 0 aliphatic carbocycles. The van der Waals surface area contributed by atoms with Crippen LogP contribution >= 0.6 is 11.3 Å². The van der Waals surface area contributed by atoms with Gasteiger partial charge in [0.15, 0.2) is 0 Å². The van der Waals surface area contributed by atoms with Crippen LogP contribution in [-0.2, 0) is 6.42 Å². The molecule has 3 aromatic rings. The largest absolute Gasteiger partial charge is 0.478 e. The summed E-state index contributed by atoms with van der Waals surface area (Å²) >= 11 is 1.60. The Morgan fingerprint density at radius 2 is 2.08 bits per heavy atom. The summed E-state index contributed by atoms with van der Waals surface area (Å²) in [5.41, 5.74) is 2.36. The summed E-state index contributed by atoms with van der Waals surface area (Å²) < 4.78 is 5.28. The molecule has 0 saturated carbocycles. The highest BCUT2D eigenvalue weighted by Crippen LogP contribution is 2.23. The van der Waals surface area contributed by atoms with Crippen molar-refractivity contribution in [2.24, 2.45) is 0 Å². The molecule has 0 fully saturated rings. The van der Waals surface area contributed by atoms with Crippen LogP contribution < -0.4 is 10.1 Å². The minimum atomic E-state index is -0.248. The summed E-state index contributed by atoms with van der Waals surface area (Å²) in [5.74, 6) is 0.150. The van der Waals surface area contributed by atoms with Gasteiger partial charge in [0.2, 0.25) is 5.88 Å². The number of hydrogen-bond donors (Lipinski definition) is 1. The van der Waals surface area contributed by atoms with Gasteiger partial charge in [-0.1, -0.05) is 30.3 Å². The number of carbonyl (C=O) groups excluding carboxylic acids is 1. The average Bonchev–Trinajstić information content (AvgIpc) is 3.12. The Balaban J connectivity index is 1.54. The van der Waals surface area contributed by atoms with Gasteiger partial charge in [0.05, 0.1) is 12.3 Å². The average molecular weight is 354 g/mol. The third-order valence-corrected chi connectivity index (χ3v) is 4.35. The van der Waals surface area contributed by atoms with Gasteiger partial charge in [0, 0.05) is 30.0 Å². The number of benzene rings is 1. The van der Waals surface area contributed by atoms with Gasteiger partial charge < -0.3 is 10.1 Å². The standard InChI is InChI=1S/C18H18N4O2S/c1-2-24-16-10-15(20-12-21-16)17(23)19-9-8-14-11-25-18(22-14)13-6-4-3-5-7-13/h3-7,10-12H,2,8-9H2,1H3,(H,19,23). The first-order valence-corrected chi connectivity index (χ1v) is 8.87. The number of hydrogen-bond acceptors (Lipinski definition) is 6. The zero-order chi connectivity index (χ0) is 17.5. The minimum Gasteiger partial charge on any atom is -0.478 e. The number of carbonyl (C=O) groups is 1. The number of amides is 1. The van der Waals surface area contributed by atoms with Crippen molar-refractivity contribution in [3.8, 4) is 16.5 Å². The molecule has 0 aliphatic rings. The van der Waals surface area contributed by atoms with Gasteiger partial charge in [0.25, 0.3) is 5.91 Å². The number of thiazole rings is 1. The lowest BCUT2D eigenvalue weighted by molar-refractivity contribution is 0.0948. The monoisotopic (exact) mass is 354 g/mol. The van der Waals surface area contributed by atoms with Gasteiger partial charge in [0.1, 0.15) is 17.0 Å². The van der Waals surface area contributed by atoms with Crippen molar-refractivity contribution in [1.82, 2.24) is 20.3 Å². The van der Waals surface area contributed by atoms with Crippen molar-refractivity contribution in [2.45, 2.75) is 13.3 Å². The summed E-state index contributed by atoms with van der Waals surface area (Å²) in [4.78, 5) is 24.7. The summed E-state index contributed by atoms with van der Waals surface area (Å²) in [7, 11) is 0. The SMILES string of the molecule is CCOc1cc(C(=O)NCCc2csc(-c3ccccc3)n2)ncn1. The molecule has 1 aromatic carbocycles. The van der Waals surface area contributed by atoms with Gasteiger partial charge in [-0.05, 0) is 6.92 Å². The Morgan fingerprint density at radius 3 is 2.88 bits per heavy atom. The second kappa shape index (κ2) is 8.34. The van der Waals surface area contributed by atoms with E-state index in [0.29, 0.717) is 31.1 Å². The van der Waals surface area contributed by atoms with E-state index in [1.165, 1.54) is 12.4 Å². The first kappa shape index (κ1) is 17.0. The molecule has 6 nitrogen and oxygen atoms in total. The molecule has 2 aromatic heterocycles. The maximum absolute atomic E-state index is 12.1. The van der Waals surface area contributed by atoms with Crippen molar-refractivity contribution in [3.05, 3.63) is 59.5 Å². The van der Waals surface area contributed by atoms with Crippen molar-refractivity contribution < 1.29 is 9.53 Å². The van der Waals surface area contributed by atoms with Crippen LogP contribution in [0, 0.1) is 0 Å². The van der Waals surface area contributed by atoms with Gasteiger partial charge in [-0.3, -0.25) is 4.79 Å². The number of rotatable bonds is 7. The topological polar surface area (TPSA) is 77.0 Å². The number of aromatic nitrogens is 3. The van der Waals surface area contributed by atoms with E-state index < -0.39 is 0 Å². The van der Waals surface area contributed by atoms with Crippen molar-refractivity contribution in [3.63, 3.8) is 0 Å². The Kier molecular flexibility index (Phi) is 5.69. The summed E-state index contributed by atoms with van der Waals surface area (Å²) in [6, 6.07) is 11.6. The Bertz CT molecular complexity index is 836. The van der Waals surface area contributed by atoms with Crippen LogP contribution in [0.3, 0.4) is 0 Å². The smallest absolute Gasteiger partial charge is 0.270 e. The van der Waals surface area contributed by atoms with Crippen molar-refractivity contribution in [2.75, 3.05) is 13.2 Å². The van der Waals surface area contributed by atoms with Gasteiger partial charge in [-0.25, -0.2) is 15.0 Å². The summed E-state index contributed by atoms with van der Waals surface area (Å²) in [5, 5.41) is 5.85. The second-order valence-corrected chi connectivity index (χ2v) is 6.05. The highest BCUT2D eigenvalue weighted by atomic mass is 32.1. The Labute approximate surface area is 149 Å². The zero-order valence-corrected chi connectivity index (χ0v) is 14.6. The molecule has 1 amide bonds. The van der Waals surface area contributed by atoms with Crippen LogP contribution in [0.4, 0.5) is 0 Å². The fourth-order valence-electron chi connectivity index (χ4n) is 2.22. The molecule has 7 heteroatoms. The van der Waals surface area contributed by atoms with E-state index in [0.717, 1.165) is 16.3 Å². The van der Waals surface area contributed by atoms with Crippen LogP contribution in [0.15, 0.2) is 48.1 Å². The van der Waals surface area contributed by atoms with Crippen molar-refractivity contribution >= 4 is 17.2 Å². The maximum atomic E-state index is 12.1. The predicted octanol–water partition coefficient (Wildman–Crippen LogP) is 2.97. The molecule has 0 unspecified atom stereocenters. The fraction of sp³-hybridized carbons (Fsp3) is 0.222. The predicted molar refractivity (Wildman–Crippen MR) is 96.8 cm³/mol. The molecular formula is C18H18N4O2S. The molecule has 0 aliphatic heterocycles. The lowest BCUT2D eigenvalue weighted by atomic mass is 10.2. The first-order chi connectivity index (χ1) is 12.3. The van der Waals surface area contributed by atoms with E-state index in [9.17, 15) is 4.79 Å². The maximum Gasteiger partial charge on any atom is 0.270 e. The number of nitrogens with one attached hydrogen (secondary N) is 1. The number of nitrogens with zero attached hydrogens (tertiary/aromatic N) is 3. The molecule has 0 saturated heterocycles. The molecule has 25 heavy (non-hydrogen) atoms. The van der Waals surface area contributed by atoms with E-state index in [-0.39, 0.29) is 5.91 Å². The zero-order valence-electron chi connectivity index (χ0n) is 13.8. The lowest BCUT2D eigenvalue weighted by Gasteiger charge is -2.05. The molecule has 1 N–H and O–H groups in total. The van der Waals surface area contributed by atoms with Crippen LogP contribution in [0.25, 0.3) is 10.6 Å². The summed E-state index contributed by atoms with van der Waals surface area (Å²) in [6.45, 7) is 2.84. The third-order valence-electron chi connectivity index (χ3n) is 3.41. The van der Waals surface area contributed by atoms with E-state index in [1.54, 1.807) is 11.3 Å².